The highest BCUT2D eigenvalue weighted by Crippen LogP contribution is 2.29. The monoisotopic (exact) mass is 522 g/mol. The van der Waals surface area contributed by atoms with E-state index >= 15 is 0 Å². The number of epoxide rings is 2. The summed E-state index contributed by atoms with van der Waals surface area (Å²) in [5, 5.41) is 23.3. The molecule has 5 rings (SSSR count). The van der Waals surface area contributed by atoms with Gasteiger partial charge < -0.3 is 29.5 Å². The largest absolute Gasteiger partial charge is 0.388 e. The van der Waals surface area contributed by atoms with Crippen molar-refractivity contribution in [2.24, 2.45) is 0 Å². The van der Waals surface area contributed by atoms with E-state index < -0.39 is 24.3 Å². The van der Waals surface area contributed by atoms with Crippen LogP contribution in [0.4, 0.5) is 4.79 Å². The number of ether oxygens (including phenoxy) is 2. The number of amides is 2. The number of unbranched alkanes of at least 4 members (excludes halogenated alkanes) is 2. The summed E-state index contributed by atoms with van der Waals surface area (Å²) in [6.07, 6.45) is 5.26. The molecule has 206 valence electrons. The van der Waals surface area contributed by atoms with Gasteiger partial charge in [-0.05, 0) is 62.5 Å². The average molecular weight is 523 g/mol. The normalized spacial score (nSPS) is 28.8. The molecule has 3 aliphatic rings. The predicted octanol–water partition coefficient (Wildman–Crippen LogP) is 3.81. The third kappa shape index (κ3) is 7.35. The van der Waals surface area contributed by atoms with Gasteiger partial charge in [0.25, 0.3) is 0 Å². The standard InChI is InChI=1S/C31H42N2O5/c34-29-27(19-23-11-3-1-4-12-23)32(17-9-7-15-25-21-37-25)31(36)33(18-10-8-16-26-22-38-26)28(30(29)35)20-24-13-5-2-6-14-24/h1-6,11-14,25-30,34-35H,7-10,15-22H2/t25?,26?,27-,28-,29+,30+/m1/s1. The van der Waals surface area contributed by atoms with Gasteiger partial charge in [-0.15, -0.1) is 0 Å². The van der Waals surface area contributed by atoms with Crippen LogP contribution in [0.2, 0.25) is 0 Å². The van der Waals surface area contributed by atoms with Crippen LogP contribution < -0.4 is 0 Å². The Labute approximate surface area is 226 Å². The average Bonchev–Trinajstić information content (AvgIpc) is 3.87. The van der Waals surface area contributed by atoms with E-state index in [9.17, 15) is 15.0 Å². The molecular weight excluding hydrogens is 480 g/mol. The van der Waals surface area contributed by atoms with Crippen LogP contribution in [0, 0.1) is 0 Å². The third-order valence-corrected chi connectivity index (χ3v) is 8.16. The van der Waals surface area contributed by atoms with Crippen molar-refractivity contribution < 1.29 is 24.5 Å². The molecule has 2 N–H and O–H groups in total. The minimum absolute atomic E-state index is 0.0761. The molecule has 0 aliphatic carbocycles. The summed E-state index contributed by atoms with van der Waals surface area (Å²) < 4.78 is 10.7. The first-order valence-corrected chi connectivity index (χ1v) is 14.3. The van der Waals surface area contributed by atoms with Gasteiger partial charge in [-0.1, -0.05) is 60.7 Å². The van der Waals surface area contributed by atoms with Gasteiger partial charge in [0.2, 0.25) is 0 Å². The number of carbonyl (C=O) groups is 1. The first kappa shape index (κ1) is 27.1. The van der Waals surface area contributed by atoms with Crippen LogP contribution in [0.1, 0.15) is 49.7 Å². The van der Waals surface area contributed by atoms with Gasteiger partial charge in [-0.2, -0.15) is 0 Å². The van der Waals surface area contributed by atoms with E-state index in [0.717, 1.165) is 62.9 Å². The van der Waals surface area contributed by atoms with Gasteiger partial charge in [0.05, 0.1) is 37.5 Å². The van der Waals surface area contributed by atoms with E-state index in [4.69, 9.17) is 9.47 Å². The fourth-order valence-corrected chi connectivity index (χ4v) is 5.75. The molecule has 0 spiro atoms. The van der Waals surface area contributed by atoms with Crippen LogP contribution in [0.3, 0.4) is 0 Å². The summed E-state index contributed by atoms with van der Waals surface area (Å²) in [7, 11) is 0. The number of hydrogen-bond donors (Lipinski definition) is 2. The summed E-state index contributed by atoms with van der Waals surface area (Å²) in [5.41, 5.74) is 2.09. The maximum atomic E-state index is 14.3. The minimum atomic E-state index is -1.05. The summed E-state index contributed by atoms with van der Waals surface area (Å²) in [5.74, 6) is 0. The molecule has 3 aliphatic heterocycles. The Morgan fingerprint density at radius 3 is 1.42 bits per heavy atom. The second-order valence-electron chi connectivity index (χ2n) is 11.1. The van der Waals surface area contributed by atoms with Crippen molar-refractivity contribution in [3.8, 4) is 0 Å². The molecule has 2 aromatic rings. The van der Waals surface area contributed by atoms with Crippen LogP contribution in [0.25, 0.3) is 0 Å². The highest BCUT2D eigenvalue weighted by Gasteiger charge is 2.46. The zero-order chi connectivity index (χ0) is 26.3. The van der Waals surface area contributed by atoms with E-state index in [-0.39, 0.29) is 6.03 Å². The van der Waals surface area contributed by atoms with Crippen molar-refractivity contribution >= 4 is 6.03 Å². The number of nitrogens with zero attached hydrogens (tertiary/aromatic N) is 2. The van der Waals surface area contributed by atoms with Crippen LogP contribution in [0.5, 0.6) is 0 Å². The van der Waals surface area contributed by atoms with E-state index in [1.165, 1.54) is 0 Å². The van der Waals surface area contributed by atoms with Crippen molar-refractivity contribution in [2.75, 3.05) is 26.3 Å². The molecule has 38 heavy (non-hydrogen) atoms. The first-order chi connectivity index (χ1) is 18.6. The Morgan fingerprint density at radius 2 is 1.05 bits per heavy atom. The topological polar surface area (TPSA) is 89.1 Å². The number of carbonyl (C=O) groups excluding carboxylic acids is 1. The Kier molecular flexibility index (Phi) is 9.33. The van der Waals surface area contributed by atoms with Crippen molar-refractivity contribution in [3.05, 3.63) is 71.8 Å². The SMILES string of the molecule is O=C1N(CCCCC2CO2)[C@H](Cc2ccccc2)[C@H](O)[C@@H](O)[C@@H](Cc2ccccc2)N1CCCCC1CO1. The lowest BCUT2D eigenvalue weighted by molar-refractivity contribution is -0.0396. The second kappa shape index (κ2) is 13.1. The van der Waals surface area contributed by atoms with Crippen LogP contribution in [-0.4, -0.2) is 88.8 Å². The van der Waals surface area contributed by atoms with E-state index in [1.807, 2.05) is 70.5 Å². The fraction of sp³-hybridized carbons (Fsp3) is 0.581. The molecule has 0 saturated carbocycles. The molecule has 2 aromatic carbocycles. The third-order valence-electron chi connectivity index (χ3n) is 8.16. The zero-order valence-electron chi connectivity index (χ0n) is 22.2. The Bertz CT molecular complexity index is 918. The maximum Gasteiger partial charge on any atom is 0.320 e. The van der Waals surface area contributed by atoms with Gasteiger partial charge in [-0.3, -0.25) is 0 Å². The lowest BCUT2D eigenvalue weighted by Gasteiger charge is -2.35. The van der Waals surface area contributed by atoms with Crippen LogP contribution in [0.15, 0.2) is 60.7 Å². The Morgan fingerprint density at radius 1 is 0.658 bits per heavy atom. The molecule has 0 bridgehead atoms. The molecule has 6 atom stereocenters. The second-order valence-corrected chi connectivity index (χ2v) is 11.1. The quantitative estimate of drug-likeness (QED) is 0.291. The molecule has 3 saturated heterocycles. The van der Waals surface area contributed by atoms with Crippen LogP contribution >= 0.6 is 0 Å². The highest BCUT2D eigenvalue weighted by molar-refractivity contribution is 5.76. The van der Waals surface area contributed by atoms with Gasteiger partial charge in [0.1, 0.15) is 12.2 Å². The number of benzene rings is 2. The smallest absolute Gasteiger partial charge is 0.320 e. The van der Waals surface area contributed by atoms with Gasteiger partial charge in [0.15, 0.2) is 0 Å². The molecule has 0 aromatic heterocycles. The minimum Gasteiger partial charge on any atom is -0.388 e. The molecule has 3 fully saturated rings. The number of hydrogen-bond acceptors (Lipinski definition) is 5. The molecule has 2 amide bonds. The first-order valence-electron chi connectivity index (χ1n) is 14.3. The summed E-state index contributed by atoms with van der Waals surface area (Å²) in [6.45, 7) is 2.78. The van der Waals surface area contributed by atoms with E-state index in [0.29, 0.717) is 38.1 Å². The Balaban J connectivity index is 1.39. The predicted molar refractivity (Wildman–Crippen MR) is 146 cm³/mol. The van der Waals surface area contributed by atoms with Crippen molar-refractivity contribution in [3.63, 3.8) is 0 Å². The molecule has 3 heterocycles. The lowest BCUT2D eigenvalue weighted by Crippen LogP contribution is -2.51. The lowest BCUT2D eigenvalue weighted by atomic mass is 9.91. The zero-order valence-corrected chi connectivity index (χ0v) is 22.2. The number of aliphatic hydroxyl groups is 2. The van der Waals surface area contributed by atoms with E-state index in [1.54, 1.807) is 0 Å². The molecule has 7 heteroatoms. The van der Waals surface area contributed by atoms with Crippen molar-refractivity contribution in [1.29, 1.82) is 0 Å². The summed E-state index contributed by atoms with van der Waals surface area (Å²) in [4.78, 5) is 18.0. The highest BCUT2D eigenvalue weighted by atomic mass is 16.6. The summed E-state index contributed by atoms with van der Waals surface area (Å²) in [6, 6.07) is 18.9. The number of urea groups is 1. The van der Waals surface area contributed by atoms with Crippen molar-refractivity contribution in [1.82, 2.24) is 9.80 Å². The number of rotatable bonds is 14. The molecule has 7 nitrogen and oxygen atoms in total. The van der Waals surface area contributed by atoms with Gasteiger partial charge >= 0.3 is 6.03 Å². The van der Waals surface area contributed by atoms with Crippen LogP contribution in [-0.2, 0) is 22.3 Å². The van der Waals surface area contributed by atoms with Gasteiger partial charge in [0, 0.05) is 13.1 Å². The fourth-order valence-electron chi connectivity index (χ4n) is 5.75. The Hall–Kier alpha value is -2.45. The molecule has 0 radical (unpaired) electrons. The molecule has 2 unspecified atom stereocenters. The summed E-state index contributed by atoms with van der Waals surface area (Å²) >= 11 is 0. The molecular formula is C31H42N2O5. The van der Waals surface area contributed by atoms with Crippen molar-refractivity contribution in [2.45, 2.75) is 87.9 Å². The van der Waals surface area contributed by atoms with Gasteiger partial charge in [-0.25, -0.2) is 4.79 Å². The van der Waals surface area contributed by atoms with E-state index in [2.05, 4.69) is 0 Å². The number of aliphatic hydroxyl groups excluding tert-OH is 2. The maximum absolute atomic E-state index is 14.3.